The number of nitrogens with zero attached hydrogens (tertiary/aromatic N) is 1. The molecule has 1 aromatic rings. The lowest BCUT2D eigenvalue weighted by Crippen LogP contribution is -2.51. The van der Waals surface area contributed by atoms with E-state index in [9.17, 15) is 9.59 Å². The lowest BCUT2D eigenvalue weighted by molar-refractivity contribution is -0.124. The van der Waals surface area contributed by atoms with Gasteiger partial charge in [0.2, 0.25) is 11.8 Å². The molecule has 1 aromatic carbocycles. The summed E-state index contributed by atoms with van der Waals surface area (Å²) in [5, 5.41) is 6.43. The molecule has 3 aliphatic rings. The molecule has 6 heteroatoms. The van der Waals surface area contributed by atoms with Gasteiger partial charge in [0.25, 0.3) is 0 Å². The lowest BCUT2D eigenvalue weighted by atomic mass is 9.86. The van der Waals surface area contributed by atoms with Crippen LogP contribution < -0.4 is 15.5 Å². The minimum Gasteiger partial charge on any atom is -0.326 e. The second kappa shape index (κ2) is 9.94. The molecule has 29 heavy (non-hydrogen) atoms. The average Bonchev–Trinajstić information content (AvgIpc) is 2.66. The Morgan fingerprint density at radius 3 is 2.62 bits per heavy atom. The van der Waals surface area contributed by atoms with E-state index in [4.69, 9.17) is 0 Å². The third kappa shape index (κ3) is 4.95. The van der Waals surface area contributed by atoms with Crippen molar-refractivity contribution >= 4 is 35.6 Å². The van der Waals surface area contributed by atoms with Crippen LogP contribution in [0.25, 0.3) is 0 Å². The van der Waals surface area contributed by atoms with Crippen LogP contribution in [-0.2, 0) is 16.0 Å². The fraction of sp³-hybridized carbons (Fsp3) is 0.652. The first-order valence-electron chi connectivity index (χ1n) is 11.1. The Morgan fingerprint density at radius 2 is 1.93 bits per heavy atom. The van der Waals surface area contributed by atoms with Crippen molar-refractivity contribution < 1.29 is 9.59 Å². The number of nitrogens with one attached hydrogen (secondary N) is 2. The van der Waals surface area contributed by atoms with Crippen molar-refractivity contribution in [2.75, 3.05) is 29.9 Å². The fourth-order valence-electron chi connectivity index (χ4n) is 4.94. The number of halogens is 1. The Bertz CT molecular complexity index is 729. The highest BCUT2D eigenvalue weighted by Gasteiger charge is 2.34. The molecule has 0 bridgehead atoms. The van der Waals surface area contributed by atoms with Gasteiger partial charge in [-0.2, -0.15) is 0 Å². The number of benzene rings is 1. The standard InChI is InChI=1S/C23H33N3O2.ClH/c1-16(18-14-24-15-18)23(28)26-12-6-9-19-20(10-5-11-21(19)26)25-22(27)13-17-7-3-2-4-8-17;/h5,10-11,16-18,24H,2-4,6-9,12-15H2,1H3,(H,25,27);1H. The molecule has 1 saturated heterocycles. The maximum absolute atomic E-state index is 13.1. The first-order valence-corrected chi connectivity index (χ1v) is 11.1. The number of hydrogen-bond donors (Lipinski definition) is 2. The number of carbonyl (C=O) groups excluding carboxylic acids is 2. The Morgan fingerprint density at radius 1 is 1.17 bits per heavy atom. The van der Waals surface area contributed by atoms with E-state index in [0.717, 1.165) is 49.4 Å². The molecule has 2 fully saturated rings. The predicted molar refractivity (Wildman–Crippen MR) is 120 cm³/mol. The summed E-state index contributed by atoms with van der Waals surface area (Å²) in [5.41, 5.74) is 3.01. The number of carbonyl (C=O) groups is 2. The van der Waals surface area contributed by atoms with Crippen LogP contribution in [0.2, 0.25) is 0 Å². The minimum atomic E-state index is 0. The van der Waals surface area contributed by atoms with Gasteiger partial charge in [0.1, 0.15) is 0 Å². The van der Waals surface area contributed by atoms with Crippen LogP contribution in [0.4, 0.5) is 11.4 Å². The smallest absolute Gasteiger partial charge is 0.230 e. The van der Waals surface area contributed by atoms with Crippen molar-refractivity contribution in [2.45, 2.75) is 58.3 Å². The van der Waals surface area contributed by atoms with Crippen LogP contribution in [0.1, 0.15) is 57.4 Å². The molecular weight excluding hydrogens is 386 g/mol. The van der Waals surface area contributed by atoms with E-state index in [-0.39, 0.29) is 30.1 Å². The number of anilines is 2. The Labute approximate surface area is 180 Å². The summed E-state index contributed by atoms with van der Waals surface area (Å²) in [6, 6.07) is 6.00. The predicted octanol–water partition coefficient (Wildman–Crippen LogP) is 4.15. The average molecular weight is 420 g/mol. The van der Waals surface area contributed by atoms with Crippen LogP contribution in [0.5, 0.6) is 0 Å². The maximum atomic E-state index is 13.1. The molecule has 2 N–H and O–H groups in total. The van der Waals surface area contributed by atoms with Gasteiger partial charge in [-0.1, -0.05) is 32.3 Å². The van der Waals surface area contributed by atoms with Crippen LogP contribution in [0, 0.1) is 17.8 Å². The van der Waals surface area contributed by atoms with Gasteiger partial charge >= 0.3 is 0 Å². The van der Waals surface area contributed by atoms with Crippen molar-refractivity contribution in [3.05, 3.63) is 23.8 Å². The van der Waals surface area contributed by atoms with E-state index in [2.05, 4.69) is 17.6 Å². The van der Waals surface area contributed by atoms with Gasteiger partial charge in [-0.05, 0) is 68.3 Å². The molecule has 1 saturated carbocycles. The normalized spacial score (nSPS) is 20.8. The summed E-state index contributed by atoms with van der Waals surface area (Å²) in [6.45, 7) is 4.70. The van der Waals surface area contributed by atoms with Gasteiger partial charge < -0.3 is 15.5 Å². The monoisotopic (exact) mass is 419 g/mol. The lowest BCUT2D eigenvalue weighted by Gasteiger charge is -2.37. The van der Waals surface area contributed by atoms with Gasteiger partial charge in [-0.25, -0.2) is 0 Å². The van der Waals surface area contributed by atoms with Gasteiger partial charge in [-0.3, -0.25) is 9.59 Å². The fourth-order valence-corrected chi connectivity index (χ4v) is 4.94. The highest BCUT2D eigenvalue weighted by molar-refractivity contribution is 5.99. The molecule has 2 aliphatic heterocycles. The molecule has 0 radical (unpaired) electrons. The molecule has 0 aromatic heterocycles. The Hall–Kier alpha value is -1.59. The van der Waals surface area contributed by atoms with Crippen molar-refractivity contribution in [3.63, 3.8) is 0 Å². The quantitative estimate of drug-likeness (QED) is 0.753. The molecule has 0 spiro atoms. The van der Waals surface area contributed by atoms with E-state index in [0.29, 0.717) is 18.3 Å². The molecule has 1 aliphatic carbocycles. The first-order chi connectivity index (χ1) is 13.6. The van der Waals surface area contributed by atoms with Gasteiger partial charge in [-0.15, -0.1) is 12.4 Å². The zero-order chi connectivity index (χ0) is 19.5. The van der Waals surface area contributed by atoms with E-state index in [1.807, 2.05) is 23.1 Å². The maximum Gasteiger partial charge on any atom is 0.230 e. The zero-order valence-electron chi connectivity index (χ0n) is 17.4. The van der Waals surface area contributed by atoms with E-state index in [1.165, 1.54) is 32.1 Å². The summed E-state index contributed by atoms with van der Waals surface area (Å²) in [4.78, 5) is 27.7. The molecular formula is C23H34ClN3O2. The summed E-state index contributed by atoms with van der Waals surface area (Å²) in [6.07, 6.45) is 8.66. The highest BCUT2D eigenvalue weighted by atomic mass is 35.5. The molecule has 2 amide bonds. The van der Waals surface area contributed by atoms with Crippen molar-refractivity contribution in [2.24, 2.45) is 17.8 Å². The second-order valence-corrected chi connectivity index (χ2v) is 8.86. The summed E-state index contributed by atoms with van der Waals surface area (Å²) in [7, 11) is 0. The zero-order valence-corrected chi connectivity index (χ0v) is 18.2. The van der Waals surface area contributed by atoms with Crippen LogP contribution in [-0.4, -0.2) is 31.4 Å². The Kier molecular flexibility index (Phi) is 7.58. The summed E-state index contributed by atoms with van der Waals surface area (Å²) >= 11 is 0. The van der Waals surface area contributed by atoms with Crippen LogP contribution in [0.3, 0.4) is 0 Å². The number of rotatable bonds is 5. The first kappa shape index (κ1) is 22.1. The molecule has 4 rings (SSSR count). The van der Waals surface area contributed by atoms with Gasteiger partial charge in [0.05, 0.1) is 0 Å². The van der Waals surface area contributed by atoms with Crippen molar-refractivity contribution in [1.82, 2.24) is 5.32 Å². The largest absolute Gasteiger partial charge is 0.326 e. The number of fused-ring (bicyclic) bond motifs is 1. The Balaban J connectivity index is 0.00000240. The van der Waals surface area contributed by atoms with Crippen molar-refractivity contribution in [3.8, 4) is 0 Å². The third-order valence-corrected chi connectivity index (χ3v) is 6.90. The van der Waals surface area contributed by atoms with E-state index < -0.39 is 0 Å². The van der Waals surface area contributed by atoms with E-state index >= 15 is 0 Å². The van der Waals surface area contributed by atoms with E-state index in [1.54, 1.807) is 0 Å². The molecule has 1 unspecified atom stereocenters. The summed E-state index contributed by atoms with van der Waals surface area (Å²) < 4.78 is 0. The SMILES string of the molecule is CC(C(=O)N1CCCc2c(NC(=O)CC3CCCCC3)cccc21)C1CNC1.Cl. The summed E-state index contributed by atoms with van der Waals surface area (Å²) in [5.74, 6) is 1.35. The van der Waals surface area contributed by atoms with Crippen molar-refractivity contribution in [1.29, 1.82) is 0 Å². The molecule has 1 atom stereocenters. The number of hydrogen-bond acceptors (Lipinski definition) is 3. The topological polar surface area (TPSA) is 61.4 Å². The van der Waals surface area contributed by atoms with Crippen LogP contribution >= 0.6 is 12.4 Å². The molecule has 5 nitrogen and oxygen atoms in total. The number of amides is 2. The van der Waals surface area contributed by atoms with Crippen LogP contribution in [0.15, 0.2) is 18.2 Å². The van der Waals surface area contributed by atoms with Gasteiger partial charge in [0, 0.05) is 30.3 Å². The molecule has 160 valence electrons. The molecule has 2 heterocycles. The second-order valence-electron chi connectivity index (χ2n) is 8.86. The third-order valence-electron chi connectivity index (χ3n) is 6.90. The minimum absolute atomic E-state index is 0. The highest BCUT2D eigenvalue weighted by Crippen LogP contribution is 2.35. The van der Waals surface area contributed by atoms with Gasteiger partial charge in [0.15, 0.2) is 0 Å².